The fourth-order valence-electron chi connectivity index (χ4n) is 1.18. The first-order valence-corrected chi connectivity index (χ1v) is 4.40. The van der Waals surface area contributed by atoms with E-state index in [1.165, 1.54) is 0 Å². The fourth-order valence-corrected chi connectivity index (χ4v) is 1.54. The van der Waals surface area contributed by atoms with Gasteiger partial charge in [-0.25, -0.2) is 9.59 Å². The van der Waals surface area contributed by atoms with Gasteiger partial charge in [-0.3, -0.25) is 0 Å². The summed E-state index contributed by atoms with van der Waals surface area (Å²) in [5, 5.41) is 16.2. The zero-order valence-electron chi connectivity index (χ0n) is 7.88. The van der Waals surface area contributed by atoms with Crippen molar-refractivity contribution in [3.8, 4) is 0 Å². The highest BCUT2D eigenvalue weighted by molar-refractivity contribution is 6.35. The fraction of sp³-hybridized carbons (Fsp3) is 0.111. The maximum atomic E-state index is 12.4. The van der Waals surface area contributed by atoms with Crippen molar-refractivity contribution in [1.82, 2.24) is 0 Å². The molecule has 0 aliphatic carbocycles. The van der Waals surface area contributed by atoms with Gasteiger partial charge in [0.15, 0.2) is 0 Å². The lowest BCUT2D eigenvalue weighted by molar-refractivity contribution is -0.137. The molecule has 0 saturated heterocycles. The molecule has 0 saturated carbocycles. The molecule has 0 aliphatic heterocycles. The van der Waals surface area contributed by atoms with E-state index in [1.54, 1.807) is 0 Å². The lowest BCUT2D eigenvalue weighted by atomic mass is 10.0. The van der Waals surface area contributed by atoms with Gasteiger partial charge in [-0.15, -0.1) is 0 Å². The van der Waals surface area contributed by atoms with Crippen LogP contribution < -0.4 is 0 Å². The van der Waals surface area contributed by atoms with Crippen molar-refractivity contribution >= 4 is 23.5 Å². The zero-order valence-corrected chi connectivity index (χ0v) is 8.63. The molecule has 2 N–H and O–H groups in total. The van der Waals surface area contributed by atoms with Gasteiger partial charge in [0.25, 0.3) is 0 Å². The van der Waals surface area contributed by atoms with Crippen LogP contribution in [0.5, 0.6) is 0 Å². The van der Waals surface area contributed by atoms with Gasteiger partial charge >= 0.3 is 18.1 Å². The van der Waals surface area contributed by atoms with Gasteiger partial charge < -0.3 is 10.2 Å². The molecule has 0 bridgehead atoms. The summed E-state index contributed by atoms with van der Waals surface area (Å²) < 4.78 is 37.2. The van der Waals surface area contributed by atoms with E-state index in [0.717, 1.165) is 0 Å². The van der Waals surface area contributed by atoms with Gasteiger partial charge in [-0.2, -0.15) is 13.2 Å². The van der Waals surface area contributed by atoms with Crippen LogP contribution in [0.15, 0.2) is 12.1 Å². The van der Waals surface area contributed by atoms with E-state index in [1.807, 2.05) is 0 Å². The quantitative estimate of drug-likeness (QED) is 0.865. The topological polar surface area (TPSA) is 74.6 Å². The Morgan fingerprint density at radius 1 is 1.12 bits per heavy atom. The predicted octanol–water partition coefficient (Wildman–Crippen LogP) is 2.76. The number of aromatic carboxylic acids is 2. The molecule has 1 aromatic carbocycles. The van der Waals surface area contributed by atoms with E-state index < -0.39 is 39.8 Å². The molecule has 0 amide bonds. The third kappa shape index (κ3) is 2.50. The molecule has 0 aliphatic rings. The molecule has 0 unspecified atom stereocenters. The smallest absolute Gasteiger partial charge is 0.417 e. The van der Waals surface area contributed by atoms with Crippen molar-refractivity contribution in [1.29, 1.82) is 0 Å². The number of hydrogen-bond donors (Lipinski definition) is 2. The van der Waals surface area contributed by atoms with Crippen molar-refractivity contribution in [2.24, 2.45) is 0 Å². The monoisotopic (exact) mass is 268 g/mol. The largest absolute Gasteiger partial charge is 0.478 e. The van der Waals surface area contributed by atoms with Crippen LogP contribution in [0.2, 0.25) is 5.02 Å². The Balaban J connectivity index is 3.61. The standard InChI is InChI=1S/C9H4ClF3O4/c10-6-4(9(11,12)13)2-1-3(7(14)15)5(6)8(16)17/h1-2H,(H,14,15)(H,16,17). The summed E-state index contributed by atoms with van der Waals surface area (Å²) in [4.78, 5) is 21.3. The molecule has 0 aromatic heterocycles. The lowest BCUT2D eigenvalue weighted by Gasteiger charge is -2.12. The van der Waals surface area contributed by atoms with Gasteiger partial charge in [-0.1, -0.05) is 11.6 Å². The number of hydrogen-bond acceptors (Lipinski definition) is 2. The Morgan fingerprint density at radius 3 is 2.00 bits per heavy atom. The Kier molecular flexibility index (Phi) is 3.33. The second-order valence-electron chi connectivity index (χ2n) is 2.96. The van der Waals surface area contributed by atoms with Crippen LogP contribution in [0.3, 0.4) is 0 Å². The summed E-state index contributed by atoms with van der Waals surface area (Å²) >= 11 is 5.27. The van der Waals surface area contributed by atoms with E-state index in [-0.39, 0.29) is 0 Å². The van der Waals surface area contributed by atoms with Crippen LogP contribution in [0.25, 0.3) is 0 Å². The summed E-state index contributed by atoms with van der Waals surface area (Å²) in [5.41, 5.74) is -3.26. The SMILES string of the molecule is O=C(O)c1ccc(C(F)(F)F)c(Cl)c1C(=O)O. The van der Waals surface area contributed by atoms with Crippen LogP contribution in [-0.4, -0.2) is 22.2 Å². The molecule has 0 atom stereocenters. The number of benzene rings is 1. The summed E-state index contributed by atoms with van der Waals surface area (Å²) in [6.45, 7) is 0. The second-order valence-corrected chi connectivity index (χ2v) is 3.34. The van der Waals surface area contributed by atoms with Crippen LogP contribution in [0.1, 0.15) is 26.3 Å². The van der Waals surface area contributed by atoms with Gasteiger partial charge in [-0.05, 0) is 12.1 Å². The molecule has 17 heavy (non-hydrogen) atoms. The highest BCUT2D eigenvalue weighted by Gasteiger charge is 2.36. The normalized spacial score (nSPS) is 11.3. The number of carbonyl (C=O) groups is 2. The van der Waals surface area contributed by atoms with Crippen molar-refractivity contribution in [3.63, 3.8) is 0 Å². The number of halogens is 4. The maximum absolute atomic E-state index is 12.4. The molecule has 4 nitrogen and oxygen atoms in total. The Morgan fingerprint density at radius 2 is 1.65 bits per heavy atom. The minimum Gasteiger partial charge on any atom is -0.478 e. The summed E-state index contributed by atoms with van der Waals surface area (Å²) in [5.74, 6) is -3.50. The summed E-state index contributed by atoms with van der Waals surface area (Å²) in [6.07, 6.45) is -4.85. The van der Waals surface area contributed by atoms with E-state index >= 15 is 0 Å². The van der Waals surface area contributed by atoms with Crippen molar-refractivity contribution in [3.05, 3.63) is 33.8 Å². The van der Waals surface area contributed by atoms with E-state index in [2.05, 4.69) is 0 Å². The number of carboxylic acid groups (broad SMARTS) is 2. The van der Waals surface area contributed by atoms with Crippen LogP contribution in [0.4, 0.5) is 13.2 Å². The Labute approximate surface area is 97.2 Å². The Hall–Kier alpha value is -1.76. The second kappa shape index (κ2) is 4.25. The van der Waals surface area contributed by atoms with Crippen LogP contribution >= 0.6 is 11.6 Å². The summed E-state index contributed by atoms with van der Waals surface area (Å²) in [7, 11) is 0. The van der Waals surface area contributed by atoms with E-state index in [0.29, 0.717) is 12.1 Å². The van der Waals surface area contributed by atoms with Gasteiger partial charge in [0.05, 0.1) is 21.7 Å². The third-order valence-electron chi connectivity index (χ3n) is 1.89. The molecule has 1 rings (SSSR count). The van der Waals surface area contributed by atoms with Crippen molar-refractivity contribution in [2.75, 3.05) is 0 Å². The average Bonchev–Trinajstić information content (AvgIpc) is 2.13. The third-order valence-corrected chi connectivity index (χ3v) is 2.28. The molecule has 1 aromatic rings. The molecule has 92 valence electrons. The molecule has 8 heteroatoms. The molecular formula is C9H4ClF3O4. The van der Waals surface area contributed by atoms with Crippen molar-refractivity contribution in [2.45, 2.75) is 6.18 Å². The zero-order chi connectivity index (χ0) is 13.4. The van der Waals surface area contributed by atoms with Gasteiger partial charge in [0.1, 0.15) is 0 Å². The van der Waals surface area contributed by atoms with Gasteiger partial charge in [0.2, 0.25) is 0 Å². The Bertz CT molecular complexity index is 496. The van der Waals surface area contributed by atoms with Gasteiger partial charge in [0, 0.05) is 0 Å². The summed E-state index contributed by atoms with van der Waals surface area (Å²) in [6, 6.07) is 0.985. The first-order valence-electron chi connectivity index (χ1n) is 4.02. The minimum absolute atomic E-state index is 0.429. The molecule has 0 spiro atoms. The minimum atomic E-state index is -4.85. The first-order chi connectivity index (χ1) is 7.66. The highest BCUT2D eigenvalue weighted by atomic mass is 35.5. The average molecular weight is 269 g/mol. The first kappa shape index (κ1) is 13.3. The number of rotatable bonds is 2. The molecule has 0 heterocycles. The van der Waals surface area contributed by atoms with E-state index in [9.17, 15) is 22.8 Å². The lowest BCUT2D eigenvalue weighted by Crippen LogP contribution is -2.14. The highest BCUT2D eigenvalue weighted by Crippen LogP contribution is 2.37. The predicted molar refractivity (Wildman–Crippen MR) is 50.4 cm³/mol. The van der Waals surface area contributed by atoms with Crippen LogP contribution in [-0.2, 0) is 6.18 Å². The molecule has 0 radical (unpaired) electrons. The van der Waals surface area contributed by atoms with E-state index in [4.69, 9.17) is 21.8 Å². The van der Waals surface area contributed by atoms with Crippen LogP contribution in [0, 0.1) is 0 Å². The number of alkyl halides is 3. The van der Waals surface area contributed by atoms with Crippen molar-refractivity contribution < 1.29 is 33.0 Å². The molecule has 0 fully saturated rings. The molecular weight excluding hydrogens is 265 g/mol. The number of carboxylic acids is 2. The maximum Gasteiger partial charge on any atom is 0.417 e.